The molecule has 0 fully saturated rings. The Hall–Kier alpha value is -2.96. The molecule has 106 valence electrons. The van der Waals surface area contributed by atoms with Crippen LogP contribution in [0, 0.1) is 6.92 Å². The van der Waals surface area contributed by atoms with E-state index in [9.17, 15) is 4.79 Å². The molecule has 2 N–H and O–H groups in total. The number of aromatic nitrogens is 4. The molecule has 2 aromatic heterocycles. The summed E-state index contributed by atoms with van der Waals surface area (Å²) in [5, 5.41) is 4.13. The number of nitrogen functional groups attached to an aromatic ring is 1. The van der Waals surface area contributed by atoms with Crippen LogP contribution in [0.1, 0.15) is 16.2 Å². The van der Waals surface area contributed by atoms with Gasteiger partial charge in [-0.1, -0.05) is 12.1 Å². The summed E-state index contributed by atoms with van der Waals surface area (Å²) in [5.41, 5.74) is 8.31. The Morgan fingerprint density at radius 1 is 1.24 bits per heavy atom. The van der Waals surface area contributed by atoms with E-state index in [4.69, 9.17) is 5.73 Å². The Labute approximate surface area is 120 Å². The van der Waals surface area contributed by atoms with E-state index in [-0.39, 0.29) is 11.4 Å². The molecule has 0 bridgehead atoms. The van der Waals surface area contributed by atoms with Crippen molar-refractivity contribution in [2.24, 2.45) is 0 Å². The van der Waals surface area contributed by atoms with E-state index in [1.54, 1.807) is 0 Å². The summed E-state index contributed by atoms with van der Waals surface area (Å²) >= 11 is 0. The molecule has 0 aliphatic heterocycles. The number of nitrogens with two attached hydrogens (primary N) is 1. The van der Waals surface area contributed by atoms with Crippen LogP contribution in [-0.2, 0) is 4.74 Å². The van der Waals surface area contributed by atoms with E-state index in [2.05, 4.69) is 19.8 Å². The number of hydrogen-bond acceptors (Lipinski definition) is 6. The van der Waals surface area contributed by atoms with E-state index in [0.29, 0.717) is 11.5 Å². The van der Waals surface area contributed by atoms with Gasteiger partial charge in [0.25, 0.3) is 0 Å². The number of para-hydroxylation sites is 2. The number of ether oxygens (including phenoxy) is 1. The highest BCUT2D eigenvalue weighted by Gasteiger charge is 2.17. The lowest BCUT2D eigenvalue weighted by molar-refractivity contribution is 0.0594. The molecule has 0 unspecified atom stereocenters. The van der Waals surface area contributed by atoms with Gasteiger partial charge in [0.15, 0.2) is 11.5 Å². The molecule has 0 aliphatic carbocycles. The van der Waals surface area contributed by atoms with E-state index in [1.807, 2.05) is 31.2 Å². The smallest absolute Gasteiger partial charge is 0.360 e. The number of aryl methyl sites for hydroxylation is 1. The number of methoxy groups -OCH3 is 1. The van der Waals surface area contributed by atoms with Crippen molar-refractivity contribution in [3.8, 4) is 5.82 Å². The van der Waals surface area contributed by atoms with Crippen LogP contribution in [0.15, 0.2) is 30.5 Å². The van der Waals surface area contributed by atoms with Crippen molar-refractivity contribution < 1.29 is 9.53 Å². The molecule has 21 heavy (non-hydrogen) atoms. The van der Waals surface area contributed by atoms with Gasteiger partial charge in [-0.25, -0.2) is 19.4 Å². The lowest BCUT2D eigenvalue weighted by Gasteiger charge is -2.05. The van der Waals surface area contributed by atoms with E-state index >= 15 is 0 Å². The predicted molar refractivity (Wildman–Crippen MR) is 77.1 cm³/mol. The summed E-state index contributed by atoms with van der Waals surface area (Å²) in [6.45, 7) is 1.82. The highest BCUT2D eigenvalue weighted by molar-refractivity contribution is 5.92. The summed E-state index contributed by atoms with van der Waals surface area (Å²) in [5.74, 6) is -0.0618. The molecule has 0 aliphatic rings. The van der Waals surface area contributed by atoms with Gasteiger partial charge in [-0.2, -0.15) is 5.10 Å². The number of hydrogen-bond donors (Lipinski definition) is 1. The molecule has 0 saturated carbocycles. The fourth-order valence-corrected chi connectivity index (χ4v) is 2.05. The van der Waals surface area contributed by atoms with Gasteiger partial charge < -0.3 is 10.5 Å². The molecule has 0 radical (unpaired) electrons. The molecule has 0 saturated heterocycles. The Kier molecular flexibility index (Phi) is 3.02. The molecule has 2 heterocycles. The van der Waals surface area contributed by atoms with Gasteiger partial charge in [-0.3, -0.25) is 0 Å². The molecule has 3 aromatic rings. The molecule has 7 nitrogen and oxygen atoms in total. The fourth-order valence-electron chi connectivity index (χ4n) is 2.05. The molecule has 1 aromatic carbocycles. The second-order valence-corrected chi connectivity index (χ2v) is 4.49. The minimum atomic E-state index is -0.586. The molecule has 3 rings (SSSR count). The monoisotopic (exact) mass is 283 g/mol. The SMILES string of the molecule is COC(=O)c1nn(-c2nc3ccccc3nc2C)cc1N. The number of anilines is 1. The van der Waals surface area contributed by atoms with E-state index in [0.717, 1.165) is 11.0 Å². The third-order valence-corrected chi connectivity index (χ3v) is 3.06. The first-order valence-electron chi connectivity index (χ1n) is 6.27. The van der Waals surface area contributed by atoms with Gasteiger partial charge >= 0.3 is 5.97 Å². The van der Waals surface area contributed by atoms with Crippen LogP contribution in [0.2, 0.25) is 0 Å². The van der Waals surface area contributed by atoms with Crippen molar-refractivity contribution in [3.05, 3.63) is 41.9 Å². The number of carbonyl (C=O) groups is 1. The van der Waals surface area contributed by atoms with Gasteiger partial charge in [0.1, 0.15) is 0 Å². The van der Waals surface area contributed by atoms with E-state index < -0.39 is 5.97 Å². The summed E-state index contributed by atoms with van der Waals surface area (Å²) in [6.07, 6.45) is 1.53. The third kappa shape index (κ3) is 2.18. The normalized spacial score (nSPS) is 10.8. The quantitative estimate of drug-likeness (QED) is 0.716. The van der Waals surface area contributed by atoms with Gasteiger partial charge in [-0.15, -0.1) is 0 Å². The maximum atomic E-state index is 11.6. The van der Waals surface area contributed by atoms with Crippen molar-refractivity contribution in [2.45, 2.75) is 6.92 Å². The van der Waals surface area contributed by atoms with Crippen LogP contribution in [0.25, 0.3) is 16.9 Å². The van der Waals surface area contributed by atoms with Crippen LogP contribution in [-0.4, -0.2) is 32.8 Å². The zero-order chi connectivity index (χ0) is 15.0. The Balaban J connectivity index is 2.16. The van der Waals surface area contributed by atoms with Crippen LogP contribution in [0.5, 0.6) is 0 Å². The Morgan fingerprint density at radius 2 is 1.90 bits per heavy atom. The van der Waals surface area contributed by atoms with Crippen molar-refractivity contribution in [1.82, 2.24) is 19.7 Å². The minimum Gasteiger partial charge on any atom is -0.464 e. The lowest BCUT2D eigenvalue weighted by atomic mass is 10.3. The van der Waals surface area contributed by atoms with Gasteiger partial charge in [0.05, 0.1) is 35.7 Å². The zero-order valence-electron chi connectivity index (χ0n) is 11.6. The molecule has 0 atom stereocenters. The standard InChI is InChI=1S/C14H13N5O2/c1-8-13(17-11-6-4-3-5-10(11)16-8)19-7-9(15)12(18-19)14(20)21-2/h3-7H,15H2,1-2H3. The van der Waals surface area contributed by atoms with Gasteiger partial charge in [0, 0.05) is 0 Å². The number of nitrogens with zero attached hydrogens (tertiary/aromatic N) is 4. The number of esters is 1. The molecule has 7 heteroatoms. The Bertz CT molecular complexity index is 840. The average Bonchev–Trinajstić information content (AvgIpc) is 2.87. The van der Waals surface area contributed by atoms with Crippen molar-refractivity contribution in [3.63, 3.8) is 0 Å². The molecule has 0 amide bonds. The Morgan fingerprint density at radius 3 is 2.57 bits per heavy atom. The molecule has 0 spiro atoms. The summed E-state index contributed by atoms with van der Waals surface area (Å²) < 4.78 is 6.08. The molecular weight excluding hydrogens is 270 g/mol. The topological polar surface area (TPSA) is 95.9 Å². The summed E-state index contributed by atoms with van der Waals surface area (Å²) in [6, 6.07) is 7.53. The van der Waals surface area contributed by atoms with Crippen LogP contribution in [0.3, 0.4) is 0 Å². The van der Waals surface area contributed by atoms with E-state index in [1.165, 1.54) is 18.0 Å². The highest BCUT2D eigenvalue weighted by Crippen LogP contribution is 2.18. The predicted octanol–water partition coefficient (Wildman–Crippen LogP) is 1.49. The number of benzene rings is 1. The lowest BCUT2D eigenvalue weighted by Crippen LogP contribution is -2.07. The van der Waals surface area contributed by atoms with Gasteiger partial charge in [-0.05, 0) is 19.1 Å². The van der Waals surface area contributed by atoms with Crippen molar-refractivity contribution >= 4 is 22.7 Å². The second kappa shape index (κ2) is 4.86. The zero-order valence-corrected chi connectivity index (χ0v) is 11.6. The maximum absolute atomic E-state index is 11.6. The minimum absolute atomic E-state index is 0.0619. The van der Waals surface area contributed by atoms with Crippen LogP contribution < -0.4 is 5.73 Å². The largest absolute Gasteiger partial charge is 0.464 e. The third-order valence-electron chi connectivity index (χ3n) is 3.06. The first-order chi connectivity index (χ1) is 10.1. The van der Waals surface area contributed by atoms with Gasteiger partial charge in [0.2, 0.25) is 0 Å². The van der Waals surface area contributed by atoms with Crippen LogP contribution in [0.4, 0.5) is 5.69 Å². The molecular formula is C14H13N5O2. The first-order valence-corrected chi connectivity index (χ1v) is 6.27. The summed E-state index contributed by atoms with van der Waals surface area (Å²) in [7, 11) is 1.28. The number of carbonyl (C=O) groups excluding carboxylic acids is 1. The van der Waals surface area contributed by atoms with Crippen molar-refractivity contribution in [2.75, 3.05) is 12.8 Å². The summed E-state index contributed by atoms with van der Waals surface area (Å²) in [4.78, 5) is 20.6. The number of rotatable bonds is 2. The fraction of sp³-hybridized carbons (Fsp3) is 0.143. The first kappa shape index (κ1) is 13.0. The van der Waals surface area contributed by atoms with Crippen LogP contribution >= 0.6 is 0 Å². The number of fused-ring (bicyclic) bond motifs is 1. The second-order valence-electron chi connectivity index (χ2n) is 4.49. The average molecular weight is 283 g/mol. The van der Waals surface area contributed by atoms with Crippen molar-refractivity contribution in [1.29, 1.82) is 0 Å². The highest BCUT2D eigenvalue weighted by atomic mass is 16.5. The maximum Gasteiger partial charge on any atom is 0.360 e.